The Labute approximate surface area is 176 Å². The van der Waals surface area contributed by atoms with Crippen LogP contribution in [-0.4, -0.2) is 28.6 Å². The Hall–Kier alpha value is -2.57. The summed E-state index contributed by atoms with van der Waals surface area (Å²) in [5.41, 5.74) is 4.63. The summed E-state index contributed by atoms with van der Waals surface area (Å²) in [4.78, 5) is 16.5. The smallest absolute Gasteiger partial charge is 0.319 e. The van der Waals surface area contributed by atoms with Gasteiger partial charge in [-0.25, -0.2) is 4.79 Å². The topological polar surface area (TPSA) is 49.3 Å². The maximum Gasteiger partial charge on any atom is 0.319 e. The molecule has 1 aromatic carbocycles. The van der Waals surface area contributed by atoms with Gasteiger partial charge in [0.15, 0.2) is 0 Å². The maximum atomic E-state index is 12.6. The van der Waals surface area contributed by atoms with E-state index in [9.17, 15) is 4.79 Å². The van der Waals surface area contributed by atoms with Gasteiger partial charge in [0.05, 0.1) is 6.04 Å². The molecule has 29 heavy (non-hydrogen) atoms. The molecular formula is C23H28N4OS. The lowest BCUT2D eigenvalue weighted by atomic mass is 9.98. The van der Waals surface area contributed by atoms with Gasteiger partial charge in [-0.3, -0.25) is 4.90 Å². The highest BCUT2D eigenvalue weighted by Crippen LogP contribution is 2.39. The van der Waals surface area contributed by atoms with E-state index in [1.165, 1.54) is 26.6 Å². The summed E-state index contributed by atoms with van der Waals surface area (Å²) in [5, 5.41) is 7.31. The standard InChI is InChI=1S/C23H28N4OS/c1-4-26-14-11-19-20(15-26)29-22(27-12-5-6-13-27)21(19)17(3)24-23(28)25-18-9-7-16(2)8-10-18/h5-10,12-13,17H,4,11,14-15H2,1-3H3,(H2,24,25,28)/t17-/m0/s1. The lowest BCUT2D eigenvalue weighted by Crippen LogP contribution is -2.33. The Morgan fingerprint density at radius 2 is 1.93 bits per heavy atom. The number of amides is 2. The Morgan fingerprint density at radius 3 is 2.62 bits per heavy atom. The first-order chi connectivity index (χ1) is 14.0. The van der Waals surface area contributed by atoms with Crippen LogP contribution in [0.25, 0.3) is 5.00 Å². The van der Waals surface area contributed by atoms with Gasteiger partial charge in [-0.1, -0.05) is 24.6 Å². The normalized spacial score (nSPS) is 15.0. The molecule has 3 heterocycles. The summed E-state index contributed by atoms with van der Waals surface area (Å²) in [6.45, 7) is 9.46. The molecule has 1 aliphatic rings. The molecular weight excluding hydrogens is 380 g/mol. The fourth-order valence-corrected chi connectivity index (χ4v) is 5.37. The minimum atomic E-state index is -0.175. The number of carbonyl (C=O) groups excluding carboxylic acids is 1. The number of anilines is 1. The SMILES string of the molecule is CCN1CCc2c(sc(-n3cccc3)c2[C@H](C)NC(=O)Nc2ccc(C)cc2)C1. The molecule has 2 aromatic heterocycles. The molecule has 1 aliphatic heterocycles. The number of fused-ring (bicyclic) bond motifs is 1. The first-order valence-corrected chi connectivity index (χ1v) is 11.0. The fourth-order valence-electron chi connectivity index (χ4n) is 3.92. The summed E-state index contributed by atoms with van der Waals surface area (Å²) >= 11 is 1.85. The van der Waals surface area contributed by atoms with Crippen LogP contribution < -0.4 is 10.6 Å². The van der Waals surface area contributed by atoms with Crippen LogP contribution in [-0.2, 0) is 13.0 Å². The highest BCUT2D eigenvalue weighted by molar-refractivity contribution is 7.15. The van der Waals surface area contributed by atoms with E-state index >= 15 is 0 Å². The van der Waals surface area contributed by atoms with Gasteiger partial charge in [0.1, 0.15) is 5.00 Å². The van der Waals surface area contributed by atoms with Crippen LogP contribution in [0.2, 0.25) is 0 Å². The van der Waals surface area contributed by atoms with Gasteiger partial charge in [-0.2, -0.15) is 0 Å². The zero-order valence-electron chi connectivity index (χ0n) is 17.2. The van der Waals surface area contributed by atoms with Crippen LogP contribution in [0.15, 0.2) is 48.8 Å². The van der Waals surface area contributed by atoms with E-state index in [1.807, 2.05) is 54.7 Å². The van der Waals surface area contributed by atoms with Crippen LogP contribution in [0, 0.1) is 6.92 Å². The van der Waals surface area contributed by atoms with Gasteiger partial charge in [-0.15, -0.1) is 11.3 Å². The first kappa shape index (κ1) is 19.7. The third kappa shape index (κ3) is 4.23. The number of carbonyl (C=O) groups is 1. The molecule has 4 rings (SSSR count). The van der Waals surface area contributed by atoms with Crippen molar-refractivity contribution >= 4 is 23.1 Å². The van der Waals surface area contributed by atoms with Crippen molar-refractivity contribution in [2.75, 3.05) is 18.4 Å². The number of hydrogen-bond donors (Lipinski definition) is 2. The van der Waals surface area contributed by atoms with Gasteiger partial charge >= 0.3 is 6.03 Å². The number of likely N-dealkylation sites (N-methyl/N-ethyl adjacent to an activating group) is 1. The van der Waals surface area contributed by atoms with Crippen molar-refractivity contribution in [1.82, 2.24) is 14.8 Å². The molecule has 0 saturated carbocycles. The quantitative estimate of drug-likeness (QED) is 0.616. The second-order valence-corrected chi connectivity index (χ2v) is 8.70. The largest absolute Gasteiger partial charge is 0.331 e. The summed E-state index contributed by atoms with van der Waals surface area (Å²) in [6.07, 6.45) is 5.19. The van der Waals surface area contributed by atoms with Crippen molar-refractivity contribution in [3.63, 3.8) is 0 Å². The van der Waals surface area contributed by atoms with Crippen LogP contribution in [0.5, 0.6) is 0 Å². The van der Waals surface area contributed by atoms with Gasteiger partial charge in [0.25, 0.3) is 0 Å². The summed E-state index contributed by atoms with van der Waals surface area (Å²) < 4.78 is 2.17. The molecule has 0 radical (unpaired) electrons. The average Bonchev–Trinajstić information content (AvgIpc) is 3.36. The molecule has 2 N–H and O–H groups in total. The summed E-state index contributed by atoms with van der Waals surface area (Å²) in [6, 6.07) is 11.7. The van der Waals surface area contributed by atoms with Gasteiger partial charge < -0.3 is 15.2 Å². The van der Waals surface area contributed by atoms with Crippen LogP contribution in [0.3, 0.4) is 0 Å². The number of nitrogens with zero attached hydrogens (tertiary/aromatic N) is 2. The Bertz CT molecular complexity index is 975. The van der Waals surface area contributed by atoms with Gasteiger partial charge in [0.2, 0.25) is 0 Å². The predicted octanol–water partition coefficient (Wildman–Crippen LogP) is 5.11. The predicted molar refractivity (Wildman–Crippen MR) is 120 cm³/mol. The molecule has 6 heteroatoms. The van der Waals surface area contributed by atoms with Crippen molar-refractivity contribution in [2.45, 2.75) is 39.8 Å². The molecule has 0 bridgehead atoms. The van der Waals surface area contributed by atoms with Crippen molar-refractivity contribution < 1.29 is 4.79 Å². The van der Waals surface area contributed by atoms with E-state index in [4.69, 9.17) is 0 Å². The van der Waals surface area contributed by atoms with Crippen LogP contribution in [0.4, 0.5) is 10.5 Å². The second-order valence-electron chi connectivity index (χ2n) is 7.62. The zero-order chi connectivity index (χ0) is 20.4. The third-order valence-corrected chi connectivity index (χ3v) is 6.78. The number of aryl methyl sites for hydroxylation is 1. The zero-order valence-corrected chi connectivity index (χ0v) is 18.1. The van der Waals surface area contributed by atoms with Crippen molar-refractivity contribution in [2.24, 2.45) is 0 Å². The van der Waals surface area contributed by atoms with Crippen molar-refractivity contribution in [1.29, 1.82) is 0 Å². The molecule has 3 aromatic rings. The Morgan fingerprint density at radius 1 is 1.21 bits per heavy atom. The van der Waals surface area contributed by atoms with Crippen molar-refractivity contribution in [3.05, 3.63) is 70.4 Å². The highest BCUT2D eigenvalue weighted by atomic mass is 32.1. The number of nitrogens with one attached hydrogen (secondary N) is 2. The van der Waals surface area contributed by atoms with E-state index in [-0.39, 0.29) is 12.1 Å². The number of rotatable bonds is 5. The van der Waals surface area contributed by atoms with Crippen LogP contribution in [0.1, 0.15) is 41.5 Å². The van der Waals surface area contributed by atoms with E-state index in [0.717, 1.165) is 31.7 Å². The minimum Gasteiger partial charge on any atom is -0.331 e. The fraction of sp³-hybridized carbons (Fsp3) is 0.348. The number of thiophene rings is 1. The number of hydrogen-bond acceptors (Lipinski definition) is 3. The molecule has 2 amide bonds. The van der Waals surface area contributed by atoms with Crippen molar-refractivity contribution in [3.8, 4) is 5.00 Å². The highest BCUT2D eigenvalue weighted by Gasteiger charge is 2.27. The van der Waals surface area contributed by atoms with E-state index < -0.39 is 0 Å². The molecule has 0 unspecified atom stereocenters. The van der Waals surface area contributed by atoms with Gasteiger partial charge in [0, 0.05) is 41.6 Å². The summed E-state index contributed by atoms with van der Waals surface area (Å²) in [5.74, 6) is 0. The van der Waals surface area contributed by atoms with E-state index in [1.54, 1.807) is 0 Å². The third-order valence-electron chi connectivity index (χ3n) is 5.53. The van der Waals surface area contributed by atoms with E-state index in [0.29, 0.717) is 0 Å². The summed E-state index contributed by atoms with van der Waals surface area (Å²) in [7, 11) is 0. The van der Waals surface area contributed by atoms with Crippen LogP contribution >= 0.6 is 11.3 Å². The molecule has 0 fully saturated rings. The number of urea groups is 1. The Balaban J connectivity index is 1.58. The molecule has 0 saturated heterocycles. The molecule has 0 aliphatic carbocycles. The average molecular weight is 409 g/mol. The monoisotopic (exact) mass is 408 g/mol. The number of aromatic nitrogens is 1. The Kier molecular flexibility index (Phi) is 5.74. The van der Waals surface area contributed by atoms with Gasteiger partial charge in [-0.05, 0) is 56.6 Å². The molecule has 5 nitrogen and oxygen atoms in total. The minimum absolute atomic E-state index is 0.0778. The van der Waals surface area contributed by atoms with E-state index in [2.05, 4.69) is 46.3 Å². The lowest BCUT2D eigenvalue weighted by molar-refractivity contribution is 0.249. The second kappa shape index (κ2) is 8.43. The number of benzene rings is 1. The molecule has 0 spiro atoms. The maximum absolute atomic E-state index is 12.6. The lowest BCUT2D eigenvalue weighted by Gasteiger charge is -2.26. The first-order valence-electron chi connectivity index (χ1n) is 10.2. The molecule has 152 valence electrons. The molecule has 1 atom stereocenters.